The summed E-state index contributed by atoms with van der Waals surface area (Å²) in [5, 5.41) is 7.21. The summed E-state index contributed by atoms with van der Waals surface area (Å²) in [6, 6.07) is 12.2. The predicted octanol–water partition coefficient (Wildman–Crippen LogP) is 4.26. The van der Waals surface area contributed by atoms with Gasteiger partial charge in [-0.15, -0.1) is 0 Å². The number of carbonyl (C=O) groups excluding carboxylic acids is 1. The first-order valence-electron chi connectivity index (χ1n) is 8.26. The molecular weight excluding hydrogens is 336 g/mol. The first-order chi connectivity index (χ1) is 12.4. The number of halogens is 2. The second-order valence-electron chi connectivity index (χ2n) is 6.15. The highest BCUT2D eigenvalue weighted by Crippen LogP contribution is 2.21. The fraction of sp³-hybridized carbons (Fsp3) is 0.200. The van der Waals surface area contributed by atoms with Crippen molar-refractivity contribution >= 4 is 5.91 Å². The van der Waals surface area contributed by atoms with Gasteiger partial charge in [-0.3, -0.25) is 4.79 Å². The summed E-state index contributed by atoms with van der Waals surface area (Å²) in [5.41, 5.74) is 2.80. The highest BCUT2D eigenvalue weighted by molar-refractivity contribution is 5.96. The summed E-state index contributed by atoms with van der Waals surface area (Å²) in [5.74, 6) is -1.69. The fourth-order valence-electron chi connectivity index (χ4n) is 2.99. The van der Waals surface area contributed by atoms with Crippen molar-refractivity contribution in [3.8, 4) is 5.69 Å². The number of hydrogen-bond donors (Lipinski definition) is 1. The SMILES string of the molecule is Cc1nn(-c2ccccc2)c(C)c1C(=O)NC(C)c1ccc(F)cc1F. The molecule has 26 heavy (non-hydrogen) atoms. The molecule has 0 fully saturated rings. The molecule has 1 unspecified atom stereocenters. The first-order valence-corrected chi connectivity index (χ1v) is 8.26. The summed E-state index contributed by atoms with van der Waals surface area (Å²) >= 11 is 0. The molecular formula is C20H19F2N3O. The molecule has 3 aromatic rings. The smallest absolute Gasteiger partial charge is 0.255 e. The molecule has 0 radical (unpaired) electrons. The molecule has 0 bridgehead atoms. The minimum Gasteiger partial charge on any atom is -0.345 e. The Kier molecular flexibility index (Phi) is 4.84. The Bertz CT molecular complexity index is 951. The molecule has 4 nitrogen and oxygen atoms in total. The van der Waals surface area contributed by atoms with E-state index in [-0.39, 0.29) is 11.5 Å². The minimum absolute atomic E-state index is 0.227. The first kappa shape index (κ1) is 17.8. The zero-order chi connectivity index (χ0) is 18.8. The Labute approximate surface area is 150 Å². The van der Waals surface area contributed by atoms with Crippen molar-refractivity contribution in [2.45, 2.75) is 26.8 Å². The maximum absolute atomic E-state index is 13.9. The molecule has 0 aliphatic carbocycles. The van der Waals surface area contributed by atoms with Crippen molar-refractivity contribution in [2.24, 2.45) is 0 Å². The fourth-order valence-corrected chi connectivity index (χ4v) is 2.99. The summed E-state index contributed by atoms with van der Waals surface area (Å²) in [4.78, 5) is 12.7. The van der Waals surface area contributed by atoms with Gasteiger partial charge in [0.15, 0.2) is 0 Å². The molecule has 1 amide bonds. The van der Waals surface area contributed by atoms with Gasteiger partial charge in [0.1, 0.15) is 11.6 Å². The van der Waals surface area contributed by atoms with Gasteiger partial charge in [-0.1, -0.05) is 24.3 Å². The van der Waals surface area contributed by atoms with E-state index in [0.29, 0.717) is 17.0 Å². The Hall–Kier alpha value is -3.02. The van der Waals surface area contributed by atoms with Crippen LogP contribution in [0.15, 0.2) is 48.5 Å². The van der Waals surface area contributed by atoms with Crippen molar-refractivity contribution in [1.82, 2.24) is 15.1 Å². The van der Waals surface area contributed by atoms with Crippen LogP contribution in [0, 0.1) is 25.5 Å². The Morgan fingerprint density at radius 2 is 1.81 bits per heavy atom. The monoisotopic (exact) mass is 355 g/mol. The van der Waals surface area contributed by atoms with Crippen LogP contribution in [0.2, 0.25) is 0 Å². The average molecular weight is 355 g/mol. The molecule has 6 heteroatoms. The number of carbonyl (C=O) groups is 1. The van der Waals surface area contributed by atoms with Gasteiger partial charge in [0, 0.05) is 11.6 Å². The van der Waals surface area contributed by atoms with E-state index in [1.54, 1.807) is 18.5 Å². The molecule has 0 aliphatic rings. The van der Waals surface area contributed by atoms with Gasteiger partial charge in [-0.25, -0.2) is 13.5 Å². The third-order valence-corrected chi connectivity index (χ3v) is 4.30. The van der Waals surface area contributed by atoms with E-state index in [1.165, 1.54) is 12.1 Å². The minimum atomic E-state index is -0.689. The molecule has 0 saturated heterocycles. The zero-order valence-corrected chi connectivity index (χ0v) is 14.8. The van der Waals surface area contributed by atoms with Gasteiger partial charge in [-0.05, 0) is 39.0 Å². The third-order valence-electron chi connectivity index (χ3n) is 4.30. The van der Waals surface area contributed by atoms with E-state index in [2.05, 4.69) is 10.4 Å². The van der Waals surface area contributed by atoms with E-state index in [4.69, 9.17) is 0 Å². The van der Waals surface area contributed by atoms with Crippen molar-refractivity contribution in [3.63, 3.8) is 0 Å². The largest absolute Gasteiger partial charge is 0.345 e. The number of benzene rings is 2. The third kappa shape index (κ3) is 3.35. The standard InChI is InChI=1S/C20H19F2N3O/c1-12(17-10-9-15(21)11-18(17)22)23-20(26)19-13(2)24-25(14(19)3)16-7-5-4-6-8-16/h4-12H,1-3H3,(H,23,26). The molecule has 3 rings (SSSR count). The number of para-hydroxylation sites is 1. The second-order valence-corrected chi connectivity index (χ2v) is 6.15. The lowest BCUT2D eigenvalue weighted by Crippen LogP contribution is -2.28. The highest BCUT2D eigenvalue weighted by Gasteiger charge is 2.22. The molecule has 134 valence electrons. The van der Waals surface area contributed by atoms with Crippen LogP contribution in [0.1, 0.15) is 40.3 Å². The van der Waals surface area contributed by atoms with Gasteiger partial charge in [0.05, 0.1) is 28.7 Å². The Balaban J connectivity index is 1.87. The van der Waals surface area contributed by atoms with Gasteiger partial charge >= 0.3 is 0 Å². The number of hydrogen-bond acceptors (Lipinski definition) is 2. The molecule has 1 aromatic heterocycles. The lowest BCUT2D eigenvalue weighted by molar-refractivity contribution is 0.0938. The summed E-state index contributed by atoms with van der Waals surface area (Å²) in [6.45, 7) is 5.22. The van der Waals surface area contributed by atoms with E-state index < -0.39 is 17.7 Å². The van der Waals surface area contributed by atoms with E-state index >= 15 is 0 Å². The maximum atomic E-state index is 13.9. The number of nitrogens with zero attached hydrogens (tertiary/aromatic N) is 2. The lowest BCUT2D eigenvalue weighted by atomic mass is 10.1. The van der Waals surface area contributed by atoms with Gasteiger partial charge < -0.3 is 5.32 Å². The number of aromatic nitrogens is 2. The van der Waals surface area contributed by atoms with Crippen LogP contribution in [-0.2, 0) is 0 Å². The van der Waals surface area contributed by atoms with E-state index in [0.717, 1.165) is 11.8 Å². The number of aryl methyl sites for hydroxylation is 1. The maximum Gasteiger partial charge on any atom is 0.255 e. The topological polar surface area (TPSA) is 46.9 Å². The zero-order valence-electron chi connectivity index (χ0n) is 14.8. The average Bonchev–Trinajstić information content (AvgIpc) is 2.90. The van der Waals surface area contributed by atoms with Crippen molar-refractivity contribution in [1.29, 1.82) is 0 Å². The van der Waals surface area contributed by atoms with Gasteiger partial charge in [0.2, 0.25) is 0 Å². The number of rotatable bonds is 4. The van der Waals surface area contributed by atoms with Crippen LogP contribution in [0.5, 0.6) is 0 Å². The van der Waals surface area contributed by atoms with Crippen LogP contribution in [0.3, 0.4) is 0 Å². The quantitative estimate of drug-likeness (QED) is 0.760. The molecule has 0 spiro atoms. The van der Waals surface area contributed by atoms with Crippen LogP contribution in [0.4, 0.5) is 8.78 Å². The number of nitrogens with one attached hydrogen (secondary N) is 1. The normalized spacial score (nSPS) is 12.0. The van der Waals surface area contributed by atoms with E-state index in [1.807, 2.05) is 37.3 Å². The van der Waals surface area contributed by atoms with Gasteiger partial charge in [0.25, 0.3) is 5.91 Å². The van der Waals surface area contributed by atoms with Crippen LogP contribution >= 0.6 is 0 Å². The molecule has 1 atom stereocenters. The van der Waals surface area contributed by atoms with E-state index in [9.17, 15) is 13.6 Å². The second kappa shape index (κ2) is 7.07. The van der Waals surface area contributed by atoms with Gasteiger partial charge in [-0.2, -0.15) is 5.10 Å². The van der Waals surface area contributed by atoms with Crippen LogP contribution < -0.4 is 5.32 Å². The number of amides is 1. The predicted molar refractivity (Wildman–Crippen MR) is 95.3 cm³/mol. The van der Waals surface area contributed by atoms with Crippen LogP contribution in [-0.4, -0.2) is 15.7 Å². The van der Waals surface area contributed by atoms with Crippen molar-refractivity contribution in [2.75, 3.05) is 0 Å². The Morgan fingerprint density at radius 3 is 2.46 bits per heavy atom. The summed E-state index contributed by atoms with van der Waals surface area (Å²) < 4.78 is 28.7. The van der Waals surface area contributed by atoms with Crippen LogP contribution in [0.25, 0.3) is 5.69 Å². The lowest BCUT2D eigenvalue weighted by Gasteiger charge is -2.15. The van der Waals surface area contributed by atoms with Crippen molar-refractivity contribution in [3.05, 3.63) is 82.7 Å². The highest BCUT2D eigenvalue weighted by atomic mass is 19.1. The molecule has 0 aliphatic heterocycles. The molecule has 1 heterocycles. The molecule has 2 aromatic carbocycles. The molecule has 1 N–H and O–H groups in total. The Morgan fingerprint density at radius 1 is 1.12 bits per heavy atom. The summed E-state index contributed by atoms with van der Waals surface area (Å²) in [7, 11) is 0. The van der Waals surface area contributed by atoms with Crippen molar-refractivity contribution < 1.29 is 13.6 Å². The summed E-state index contributed by atoms with van der Waals surface area (Å²) in [6.07, 6.45) is 0. The molecule has 0 saturated carbocycles.